The van der Waals surface area contributed by atoms with Crippen LogP contribution in [0.25, 0.3) is 21.3 Å². The standard InChI is InChI=1S/C22H27NO3S.C16H11N3O4S/c1-14(2)23(21(24)17-11-9-15(3)10-12-17)18-13-19(27-20(18)22(25)26)16-7-5-4-6-8-16;20-14-9-5-1-2-6-10(9)18-16(21)13(14)15-17-11-7-3-4-8-12(11)24(22,23)19-15/h4-8,13-15,17H,9-12H2,1-3H3,(H,25,26);1-8H,(H,17,19)(H2,18,20,21). The molecule has 5 aromatic rings. The number of carboxylic acids is 1. The SMILES string of the molecule is CC1CCC(C(=O)N(c2cc(-c3ccccc3)sc2C(=O)O)C(C)C)CC1.O=c1[nH]c2ccccc2c(O)c1C1=NS(=O)(=O)c2ccccc2N1. The van der Waals surface area contributed by atoms with Crippen LogP contribution in [0.3, 0.4) is 0 Å². The quantitative estimate of drug-likeness (QED) is 0.140. The molecule has 0 bridgehead atoms. The minimum atomic E-state index is -3.96. The number of pyridine rings is 1. The fraction of sp³-hybridized carbons (Fsp3) is 0.263. The predicted octanol–water partition coefficient (Wildman–Crippen LogP) is 7.48. The smallest absolute Gasteiger partial charge is 0.348 e. The van der Waals surface area contributed by atoms with E-state index in [9.17, 15) is 33.0 Å². The van der Waals surface area contributed by atoms with E-state index in [4.69, 9.17) is 0 Å². The highest BCUT2D eigenvalue weighted by molar-refractivity contribution is 7.90. The zero-order chi connectivity index (χ0) is 36.4. The Morgan fingerprint density at radius 2 is 1.59 bits per heavy atom. The normalized spacial score (nSPS) is 17.8. The highest BCUT2D eigenvalue weighted by Crippen LogP contribution is 2.40. The predicted molar refractivity (Wildman–Crippen MR) is 200 cm³/mol. The third-order valence-corrected chi connectivity index (χ3v) is 11.6. The molecule has 4 N–H and O–H groups in total. The average Bonchev–Trinajstić information content (AvgIpc) is 3.54. The maximum atomic E-state index is 13.3. The molecule has 1 aliphatic carbocycles. The van der Waals surface area contributed by atoms with Crippen LogP contribution >= 0.6 is 11.3 Å². The number of aromatic hydroxyl groups is 1. The van der Waals surface area contributed by atoms with Crippen molar-refractivity contribution < 1.29 is 28.2 Å². The Morgan fingerprint density at radius 3 is 2.27 bits per heavy atom. The molecule has 2 aromatic heterocycles. The number of rotatable bonds is 6. The molecule has 13 heteroatoms. The molecular weight excluding hydrogens is 689 g/mol. The van der Waals surface area contributed by atoms with Crippen molar-refractivity contribution in [3.05, 3.63) is 106 Å². The molecule has 3 aromatic carbocycles. The highest BCUT2D eigenvalue weighted by Gasteiger charge is 2.34. The average molecular weight is 727 g/mol. The first-order chi connectivity index (χ1) is 24.4. The maximum Gasteiger partial charge on any atom is 0.348 e. The number of anilines is 2. The first-order valence-corrected chi connectivity index (χ1v) is 18.9. The lowest BCUT2D eigenvalue weighted by molar-refractivity contribution is -0.123. The third-order valence-electron chi connectivity index (χ3n) is 9.10. The summed E-state index contributed by atoms with van der Waals surface area (Å²) < 4.78 is 28.3. The van der Waals surface area contributed by atoms with E-state index in [-0.39, 0.29) is 44.8 Å². The van der Waals surface area contributed by atoms with Gasteiger partial charge in [-0.2, -0.15) is 8.42 Å². The Morgan fingerprint density at radius 1 is 0.941 bits per heavy atom. The van der Waals surface area contributed by atoms with Gasteiger partial charge < -0.3 is 25.4 Å². The van der Waals surface area contributed by atoms with Gasteiger partial charge in [0.05, 0.1) is 16.9 Å². The molecule has 1 fully saturated rings. The molecule has 0 unspecified atom stereocenters. The minimum Gasteiger partial charge on any atom is -0.506 e. The molecule has 51 heavy (non-hydrogen) atoms. The van der Waals surface area contributed by atoms with Gasteiger partial charge in [-0.25, -0.2) is 4.79 Å². The maximum absolute atomic E-state index is 13.3. The van der Waals surface area contributed by atoms with Crippen molar-refractivity contribution in [3.8, 4) is 16.2 Å². The van der Waals surface area contributed by atoms with Crippen LogP contribution in [-0.4, -0.2) is 47.4 Å². The van der Waals surface area contributed by atoms with Gasteiger partial charge >= 0.3 is 5.97 Å². The summed E-state index contributed by atoms with van der Waals surface area (Å²) >= 11 is 1.24. The molecule has 3 heterocycles. The molecule has 264 valence electrons. The summed E-state index contributed by atoms with van der Waals surface area (Å²) in [6.07, 6.45) is 3.91. The summed E-state index contributed by atoms with van der Waals surface area (Å²) in [6.45, 7) is 6.14. The molecule has 1 amide bonds. The van der Waals surface area contributed by atoms with Crippen LogP contribution in [0.15, 0.2) is 99.0 Å². The number of aromatic nitrogens is 1. The number of aromatic amines is 1. The van der Waals surface area contributed by atoms with E-state index in [2.05, 4.69) is 21.6 Å². The lowest BCUT2D eigenvalue weighted by atomic mass is 9.82. The van der Waals surface area contributed by atoms with Crippen LogP contribution in [0, 0.1) is 11.8 Å². The summed E-state index contributed by atoms with van der Waals surface area (Å²) in [5.74, 6) is -0.787. The first-order valence-electron chi connectivity index (χ1n) is 16.7. The van der Waals surface area contributed by atoms with Crippen LogP contribution in [0.5, 0.6) is 5.75 Å². The molecule has 0 saturated heterocycles. The molecule has 11 nitrogen and oxygen atoms in total. The first kappa shape index (κ1) is 35.6. The summed E-state index contributed by atoms with van der Waals surface area (Å²) in [5.41, 5.74) is 1.40. The van der Waals surface area contributed by atoms with E-state index in [1.54, 1.807) is 47.4 Å². The van der Waals surface area contributed by atoms with Gasteiger partial charge in [-0.3, -0.25) is 9.59 Å². The summed E-state index contributed by atoms with van der Waals surface area (Å²) in [6, 6.07) is 24.4. The molecule has 0 spiro atoms. The lowest BCUT2D eigenvalue weighted by Crippen LogP contribution is -2.42. The second kappa shape index (κ2) is 14.5. The Labute approximate surface area is 299 Å². The molecule has 1 aliphatic heterocycles. The van der Waals surface area contributed by atoms with Crippen molar-refractivity contribution in [2.45, 2.75) is 57.4 Å². The number of nitrogens with zero attached hydrogens (tertiary/aromatic N) is 2. The number of H-pyrrole nitrogens is 1. The number of amidine groups is 1. The Bertz CT molecular complexity index is 2310. The van der Waals surface area contributed by atoms with Gasteiger partial charge in [0.1, 0.15) is 21.1 Å². The molecule has 7 rings (SSSR count). The second-order valence-electron chi connectivity index (χ2n) is 13.0. The number of nitrogens with one attached hydrogen (secondary N) is 2. The zero-order valence-electron chi connectivity index (χ0n) is 28.3. The number of carbonyl (C=O) groups is 2. The van der Waals surface area contributed by atoms with Gasteiger partial charge in [-0.1, -0.05) is 61.5 Å². The van der Waals surface area contributed by atoms with Gasteiger partial charge in [0, 0.05) is 22.2 Å². The zero-order valence-corrected chi connectivity index (χ0v) is 29.9. The number of fused-ring (bicyclic) bond motifs is 2. The van der Waals surface area contributed by atoms with E-state index in [1.807, 2.05) is 50.2 Å². The van der Waals surface area contributed by atoms with Gasteiger partial charge in [0.25, 0.3) is 15.6 Å². The highest BCUT2D eigenvalue weighted by atomic mass is 32.2. The molecular formula is C38H38N4O7S2. The van der Waals surface area contributed by atoms with E-state index in [1.165, 1.54) is 17.4 Å². The van der Waals surface area contributed by atoms with E-state index in [0.29, 0.717) is 28.2 Å². The van der Waals surface area contributed by atoms with Crippen LogP contribution < -0.4 is 15.8 Å². The van der Waals surface area contributed by atoms with Crippen molar-refractivity contribution in [1.29, 1.82) is 0 Å². The Hall–Kier alpha value is -5.27. The number of thiophene rings is 1. The summed E-state index contributed by atoms with van der Waals surface area (Å²) in [5, 5.41) is 23.4. The van der Waals surface area contributed by atoms with Gasteiger partial charge in [0.15, 0.2) is 5.84 Å². The van der Waals surface area contributed by atoms with Crippen LogP contribution in [0.4, 0.5) is 11.4 Å². The fourth-order valence-electron chi connectivity index (χ4n) is 6.48. The number of amides is 1. The number of carboxylic acid groups (broad SMARTS) is 1. The number of benzene rings is 3. The van der Waals surface area contributed by atoms with Crippen molar-refractivity contribution in [2.24, 2.45) is 16.2 Å². The number of hydrogen-bond acceptors (Lipinski definition) is 8. The number of aromatic carboxylic acids is 1. The number of para-hydroxylation sites is 2. The van der Waals surface area contributed by atoms with Crippen molar-refractivity contribution >= 4 is 61.3 Å². The van der Waals surface area contributed by atoms with Gasteiger partial charge in [-0.15, -0.1) is 15.7 Å². The van der Waals surface area contributed by atoms with Crippen LogP contribution in [0.2, 0.25) is 0 Å². The third kappa shape index (κ3) is 7.31. The Balaban J connectivity index is 0.000000177. The van der Waals surface area contributed by atoms with Gasteiger partial charge in [-0.05, 0) is 81.3 Å². The summed E-state index contributed by atoms with van der Waals surface area (Å²) in [4.78, 5) is 43.0. The van der Waals surface area contributed by atoms with E-state index >= 15 is 0 Å². The van der Waals surface area contributed by atoms with Gasteiger partial charge in [0.2, 0.25) is 5.91 Å². The Kier molecular flexibility index (Phi) is 10.1. The monoisotopic (exact) mass is 726 g/mol. The summed E-state index contributed by atoms with van der Waals surface area (Å²) in [7, 11) is -3.96. The lowest BCUT2D eigenvalue weighted by Gasteiger charge is -2.33. The van der Waals surface area contributed by atoms with Crippen LogP contribution in [-0.2, 0) is 14.8 Å². The largest absolute Gasteiger partial charge is 0.506 e. The van der Waals surface area contributed by atoms with Crippen LogP contribution in [0.1, 0.15) is 61.7 Å². The van der Waals surface area contributed by atoms with Crippen molar-refractivity contribution in [3.63, 3.8) is 0 Å². The number of hydrogen-bond donors (Lipinski definition) is 4. The molecule has 0 radical (unpaired) electrons. The van der Waals surface area contributed by atoms with Crippen molar-refractivity contribution in [1.82, 2.24) is 4.98 Å². The molecule has 1 saturated carbocycles. The second-order valence-corrected chi connectivity index (χ2v) is 15.6. The molecule has 2 aliphatic rings. The number of carbonyl (C=O) groups excluding carboxylic acids is 1. The minimum absolute atomic E-state index is 0.00896. The topological polar surface area (TPSA) is 169 Å². The van der Waals surface area contributed by atoms with Crippen molar-refractivity contribution in [2.75, 3.05) is 10.2 Å². The van der Waals surface area contributed by atoms with E-state index < -0.39 is 21.6 Å². The van der Waals surface area contributed by atoms with E-state index in [0.717, 1.165) is 36.1 Å². The fourth-order valence-corrected chi connectivity index (χ4v) is 8.60. The number of sulfonamides is 1. The molecule has 0 atom stereocenters.